The molecule has 0 fully saturated rings. The molecule has 0 radical (unpaired) electrons. The summed E-state index contributed by atoms with van der Waals surface area (Å²) in [4.78, 5) is 27.5. The van der Waals surface area contributed by atoms with Crippen molar-refractivity contribution < 1.29 is 19.1 Å². The van der Waals surface area contributed by atoms with E-state index in [1.54, 1.807) is 18.3 Å². The van der Waals surface area contributed by atoms with Crippen LogP contribution >= 0.6 is 0 Å². The summed E-state index contributed by atoms with van der Waals surface area (Å²) in [5.41, 5.74) is 1.40. The third kappa shape index (κ3) is 5.88. The fraction of sp³-hybridized carbons (Fsp3) is 0.350. The van der Waals surface area contributed by atoms with E-state index in [2.05, 4.69) is 31.1 Å². The molecule has 0 atom stereocenters. The molecule has 26 heavy (non-hydrogen) atoms. The van der Waals surface area contributed by atoms with Gasteiger partial charge in [0.15, 0.2) is 6.61 Å². The van der Waals surface area contributed by atoms with Crippen LogP contribution in [0.25, 0.3) is 0 Å². The van der Waals surface area contributed by atoms with Crippen LogP contribution in [0.2, 0.25) is 0 Å². The first kappa shape index (κ1) is 19.4. The number of benzene rings is 1. The molecule has 1 N–H and O–H groups in total. The second kappa shape index (κ2) is 8.99. The smallest absolute Gasteiger partial charge is 0.344 e. The van der Waals surface area contributed by atoms with Crippen molar-refractivity contribution in [1.82, 2.24) is 10.3 Å². The van der Waals surface area contributed by atoms with E-state index < -0.39 is 5.97 Å². The maximum Gasteiger partial charge on any atom is 0.344 e. The summed E-state index contributed by atoms with van der Waals surface area (Å²) >= 11 is 0. The number of para-hydroxylation sites is 1. The Morgan fingerprint density at radius 2 is 1.88 bits per heavy atom. The molecular formula is C20H24N2O4. The molecule has 0 bridgehead atoms. The second-order valence-electron chi connectivity index (χ2n) is 6.75. The third-order valence-corrected chi connectivity index (χ3v) is 3.61. The fourth-order valence-corrected chi connectivity index (χ4v) is 2.32. The van der Waals surface area contributed by atoms with E-state index in [0.717, 1.165) is 5.56 Å². The van der Waals surface area contributed by atoms with E-state index >= 15 is 0 Å². The van der Waals surface area contributed by atoms with Crippen molar-refractivity contribution in [3.63, 3.8) is 0 Å². The molecule has 0 aliphatic carbocycles. The number of carbonyl (C=O) groups excluding carboxylic acids is 2. The molecule has 0 aliphatic heterocycles. The molecule has 0 aliphatic rings. The van der Waals surface area contributed by atoms with Crippen LogP contribution in [-0.4, -0.2) is 36.6 Å². The minimum atomic E-state index is -0.482. The zero-order valence-electron chi connectivity index (χ0n) is 15.3. The number of hydrogen-bond acceptors (Lipinski definition) is 5. The molecule has 6 nitrogen and oxygen atoms in total. The molecule has 1 heterocycles. The first-order chi connectivity index (χ1) is 12.4. The Morgan fingerprint density at radius 3 is 2.58 bits per heavy atom. The number of hydrogen-bond donors (Lipinski definition) is 1. The quantitative estimate of drug-likeness (QED) is 0.610. The monoisotopic (exact) mass is 356 g/mol. The van der Waals surface area contributed by atoms with Crippen molar-refractivity contribution in [1.29, 1.82) is 0 Å². The lowest BCUT2D eigenvalue weighted by Crippen LogP contribution is -2.29. The van der Waals surface area contributed by atoms with E-state index in [9.17, 15) is 9.59 Å². The Hall–Kier alpha value is -2.89. The maximum atomic E-state index is 11.8. The molecule has 6 heteroatoms. The molecule has 0 spiro atoms. The maximum absolute atomic E-state index is 11.8. The van der Waals surface area contributed by atoms with Gasteiger partial charge in [-0.05, 0) is 29.2 Å². The largest absolute Gasteiger partial charge is 0.482 e. The summed E-state index contributed by atoms with van der Waals surface area (Å²) in [7, 11) is 0. The van der Waals surface area contributed by atoms with Gasteiger partial charge in [0.2, 0.25) is 0 Å². The molecule has 1 amide bonds. The summed E-state index contributed by atoms with van der Waals surface area (Å²) in [5, 5.41) is 2.66. The SMILES string of the molecule is CC(C)(C)c1ccccc1OCC(=O)OCCNC(=O)c1cccnc1. The van der Waals surface area contributed by atoms with Gasteiger partial charge in [0.25, 0.3) is 5.91 Å². The van der Waals surface area contributed by atoms with Crippen molar-refractivity contribution in [2.45, 2.75) is 26.2 Å². The van der Waals surface area contributed by atoms with Gasteiger partial charge in [0.1, 0.15) is 12.4 Å². The lowest BCUT2D eigenvalue weighted by molar-refractivity contribution is -0.145. The Labute approximate surface area is 153 Å². The lowest BCUT2D eigenvalue weighted by atomic mass is 9.86. The predicted octanol–water partition coefficient (Wildman–Crippen LogP) is 2.73. The van der Waals surface area contributed by atoms with Crippen molar-refractivity contribution in [3.05, 3.63) is 59.9 Å². The van der Waals surface area contributed by atoms with Gasteiger partial charge < -0.3 is 14.8 Å². The minimum absolute atomic E-state index is 0.0785. The zero-order chi connectivity index (χ0) is 19.0. The Balaban J connectivity index is 1.72. The van der Waals surface area contributed by atoms with Crippen LogP contribution in [0.3, 0.4) is 0 Å². The van der Waals surface area contributed by atoms with Crippen molar-refractivity contribution >= 4 is 11.9 Å². The third-order valence-electron chi connectivity index (χ3n) is 3.61. The van der Waals surface area contributed by atoms with E-state index in [4.69, 9.17) is 9.47 Å². The van der Waals surface area contributed by atoms with Gasteiger partial charge in [0.05, 0.1) is 12.1 Å². The highest BCUT2D eigenvalue weighted by Crippen LogP contribution is 2.30. The summed E-state index contributed by atoms with van der Waals surface area (Å²) in [6.07, 6.45) is 3.07. The molecule has 138 valence electrons. The van der Waals surface area contributed by atoms with Gasteiger partial charge in [0, 0.05) is 12.4 Å². The van der Waals surface area contributed by atoms with Gasteiger partial charge in [-0.25, -0.2) is 4.79 Å². The van der Waals surface area contributed by atoms with Crippen LogP contribution in [0.5, 0.6) is 5.75 Å². The summed E-state index contributed by atoms with van der Waals surface area (Å²) < 4.78 is 10.7. The first-order valence-corrected chi connectivity index (χ1v) is 8.44. The van der Waals surface area contributed by atoms with Gasteiger partial charge in [-0.3, -0.25) is 9.78 Å². The second-order valence-corrected chi connectivity index (χ2v) is 6.75. The van der Waals surface area contributed by atoms with Gasteiger partial charge in [-0.15, -0.1) is 0 Å². The lowest BCUT2D eigenvalue weighted by Gasteiger charge is -2.22. The van der Waals surface area contributed by atoms with Gasteiger partial charge in [-0.2, -0.15) is 0 Å². The first-order valence-electron chi connectivity index (χ1n) is 8.44. The van der Waals surface area contributed by atoms with Gasteiger partial charge >= 0.3 is 5.97 Å². The number of amides is 1. The zero-order valence-corrected chi connectivity index (χ0v) is 15.3. The molecular weight excluding hydrogens is 332 g/mol. The highest BCUT2D eigenvalue weighted by atomic mass is 16.6. The highest BCUT2D eigenvalue weighted by molar-refractivity contribution is 5.93. The van der Waals surface area contributed by atoms with Crippen LogP contribution in [0.4, 0.5) is 0 Å². The minimum Gasteiger partial charge on any atom is -0.482 e. The molecule has 1 aromatic heterocycles. The molecule has 0 unspecified atom stereocenters. The van der Waals surface area contributed by atoms with E-state index in [1.807, 2.05) is 24.3 Å². The normalized spacial score (nSPS) is 10.9. The average Bonchev–Trinajstić information content (AvgIpc) is 2.63. The topological polar surface area (TPSA) is 77.5 Å². The van der Waals surface area contributed by atoms with Crippen LogP contribution in [0.1, 0.15) is 36.7 Å². The number of rotatable bonds is 7. The molecule has 0 saturated carbocycles. The van der Waals surface area contributed by atoms with Crippen LogP contribution in [0.15, 0.2) is 48.8 Å². The number of pyridine rings is 1. The van der Waals surface area contributed by atoms with Crippen LogP contribution in [0, 0.1) is 0 Å². The van der Waals surface area contributed by atoms with E-state index in [1.165, 1.54) is 6.20 Å². The Morgan fingerprint density at radius 1 is 1.12 bits per heavy atom. The van der Waals surface area contributed by atoms with Crippen LogP contribution in [-0.2, 0) is 14.9 Å². The van der Waals surface area contributed by atoms with Crippen molar-refractivity contribution in [2.75, 3.05) is 19.8 Å². The molecule has 2 rings (SSSR count). The fourth-order valence-electron chi connectivity index (χ4n) is 2.32. The predicted molar refractivity (Wildman–Crippen MR) is 98.2 cm³/mol. The highest BCUT2D eigenvalue weighted by Gasteiger charge is 2.19. The summed E-state index contributed by atoms with van der Waals surface area (Å²) in [6.45, 7) is 6.37. The number of ether oxygens (including phenoxy) is 2. The van der Waals surface area contributed by atoms with E-state index in [-0.39, 0.29) is 31.1 Å². The number of aromatic nitrogens is 1. The number of carbonyl (C=O) groups is 2. The van der Waals surface area contributed by atoms with E-state index in [0.29, 0.717) is 11.3 Å². The Kier molecular flexibility index (Phi) is 6.72. The Bertz CT molecular complexity index is 739. The van der Waals surface area contributed by atoms with Gasteiger partial charge in [-0.1, -0.05) is 39.0 Å². The van der Waals surface area contributed by atoms with Crippen LogP contribution < -0.4 is 10.1 Å². The number of esters is 1. The molecule has 2 aromatic rings. The standard InChI is InChI=1S/C20H24N2O4/c1-20(2,3)16-8-4-5-9-17(16)26-14-18(23)25-12-11-22-19(24)15-7-6-10-21-13-15/h4-10,13H,11-12,14H2,1-3H3,(H,22,24). The molecule has 0 saturated heterocycles. The average molecular weight is 356 g/mol. The summed E-state index contributed by atoms with van der Waals surface area (Å²) in [6, 6.07) is 11.0. The van der Waals surface area contributed by atoms with Crippen molar-refractivity contribution in [3.8, 4) is 5.75 Å². The van der Waals surface area contributed by atoms with Crippen molar-refractivity contribution in [2.24, 2.45) is 0 Å². The number of nitrogens with one attached hydrogen (secondary N) is 1. The number of nitrogens with zero attached hydrogens (tertiary/aromatic N) is 1. The molecule has 1 aromatic carbocycles. The summed E-state index contributed by atoms with van der Waals surface area (Å²) in [5.74, 6) is -0.0735.